The highest BCUT2D eigenvalue weighted by Crippen LogP contribution is 2.36. The Morgan fingerprint density at radius 3 is 2.13 bits per heavy atom. The molecule has 2 aliphatic heterocycles. The van der Waals surface area contributed by atoms with Crippen molar-refractivity contribution in [1.29, 1.82) is 0 Å². The average Bonchev–Trinajstić information content (AvgIpc) is 2.73. The zero-order chi connectivity index (χ0) is 23.2. The zero-order valence-corrected chi connectivity index (χ0v) is 20.3. The molecule has 2 heterocycles. The Kier molecular flexibility index (Phi) is 9.33. The van der Waals surface area contributed by atoms with Gasteiger partial charge in [0, 0.05) is 20.0 Å². The van der Waals surface area contributed by atoms with Crippen LogP contribution in [-0.4, -0.2) is 57.1 Å². The second-order valence-corrected chi connectivity index (χ2v) is 10.8. The minimum absolute atomic E-state index is 0.274. The highest BCUT2D eigenvalue weighted by Gasteiger charge is 2.34. The summed E-state index contributed by atoms with van der Waals surface area (Å²) in [6, 6.07) is 3.69. The smallest absolute Gasteiger partial charge is 0.300 e. The Balaban J connectivity index is 0.000000785. The number of carboxylic acid groups (broad SMARTS) is 1. The van der Waals surface area contributed by atoms with Gasteiger partial charge in [-0.3, -0.25) is 4.79 Å². The first kappa shape index (κ1) is 25.6. The van der Waals surface area contributed by atoms with E-state index in [9.17, 15) is 8.42 Å². The summed E-state index contributed by atoms with van der Waals surface area (Å²) in [4.78, 5) is 9.32. The van der Waals surface area contributed by atoms with Gasteiger partial charge in [0.05, 0.1) is 7.11 Å². The van der Waals surface area contributed by atoms with Gasteiger partial charge in [0.2, 0.25) is 10.0 Å². The van der Waals surface area contributed by atoms with Gasteiger partial charge in [-0.2, -0.15) is 4.31 Å². The summed E-state index contributed by atoms with van der Waals surface area (Å²) in [6.07, 6.45) is 4.38. The van der Waals surface area contributed by atoms with Gasteiger partial charge in [-0.25, -0.2) is 8.42 Å². The number of piperidine rings is 2. The molecule has 3 rings (SSSR count). The Labute approximate surface area is 187 Å². The van der Waals surface area contributed by atoms with Crippen LogP contribution in [0.1, 0.15) is 63.5 Å². The maximum atomic E-state index is 13.4. The maximum absolute atomic E-state index is 13.4. The van der Waals surface area contributed by atoms with Gasteiger partial charge in [0.1, 0.15) is 10.6 Å². The standard InChI is InChI=1S/C21H34N2O3S.C2H4O2/c1-15(2)19-14-21(20(26-4)13-16(19)3)27(24,25)23-11-7-18(8-12-23)17-5-9-22-10-6-17;1-2(3)4/h13-15,17-18,22H,5-12H2,1-4H3;1H3,(H,3,4). The van der Waals surface area contributed by atoms with Gasteiger partial charge in [0.25, 0.3) is 5.97 Å². The summed E-state index contributed by atoms with van der Waals surface area (Å²) < 4.78 is 33.9. The number of ether oxygens (including phenoxy) is 1. The lowest BCUT2D eigenvalue weighted by molar-refractivity contribution is -0.134. The summed E-state index contributed by atoms with van der Waals surface area (Å²) in [5, 5.41) is 10.8. The van der Waals surface area contributed by atoms with Crippen molar-refractivity contribution in [2.45, 2.75) is 64.2 Å². The quantitative estimate of drug-likeness (QED) is 0.705. The van der Waals surface area contributed by atoms with Crippen LogP contribution in [-0.2, 0) is 14.8 Å². The molecule has 0 saturated carbocycles. The molecule has 0 amide bonds. The average molecular weight is 455 g/mol. The molecule has 1 aromatic carbocycles. The maximum Gasteiger partial charge on any atom is 0.300 e. The first-order chi connectivity index (χ1) is 14.6. The lowest BCUT2D eigenvalue weighted by Gasteiger charge is -2.37. The van der Waals surface area contributed by atoms with Crippen LogP contribution >= 0.6 is 0 Å². The number of aryl methyl sites for hydroxylation is 1. The van der Waals surface area contributed by atoms with Crippen molar-refractivity contribution in [2.75, 3.05) is 33.3 Å². The molecular weight excluding hydrogens is 416 g/mol. The summed E-state index contributed by atoms with van der Waals surface area (Å²) in [7, 11) is -1.99. The van der Waals surface area contributed by atoms with E-state index in [-0.39, 0.29) is 5.92 Å². The van der Waals surface area contributed by atoms with E-state index in [4.69, 9.17) is 14.6 Å². The molecule has 176 valence electrons. The number of hydrogen-bond donors (Lipinski definition) is 2. The van der Waals surface area contributed by atoms with E-state index in [0.29, 0.717) is 29.7 Å². The Morgan fingerprint density at radius 2 is 1.65 bits per heavy atom. The molecule has 2 saturated heterocycles. The van der Waals surface area contributed by atoms with Crippen molar-refractivity contribution >= 4 is 16.0 Å². The number of sulfonamides is 1. The fraction of sp³-hybridized carbons (Fsp3) is 0.696. The molecule has 2 fully saturated rings. The molecule has 8 heteroatoms. The second kappa shape index (κ2) is 11.3. The summed E-state index contributed by atoms with van der Waals surface area (Å²) in [5.41, 5.74) is 2.14. The normalized spacial score (nSPS) is 19.0. The second-order valence-electron chi connectivity index (χ2n) is 8.86. The summed E-state index contributed by atoms with van der Waals surface area (Å²) >= 11 is 0. The minimum atomic E-state index is -3.54. The van der Waals surface area contributed by atoms with E-state index in [2.05, 4.69) is 19.2 Å². The van der Waals surface area contributed by atoms with Crippen molar-refractivity contribution in [2.24, 2.45) is 11.8 Å². The molecule has 0 unspecified atom stereocenters. The first-order valence-corrected chi connectivity index (χ1v) is 12.6. The molecule has 0 aromatic heterocycles. The Morgan fingerprint density at radius 1 is 1.13 bits per heavy atom. The predicted octanol–water partition coefficient (Wildman–Crippen LogP) is 3.62. The van der Waals surface area contributed by atoms with E-state index in [1.165, 1.54) is 12.8 Å². The van der Waals surface area contributed by atoms with Crippen LogP contribution in [0.4, 0.5) is 0 Å². The van der Waals surface area contributed by atoms with E-state index in [1.807, 2.05) is 19.1 Å². The van der Waals surface area contributed by atoms with Crippen molar-refractivity contribution in [1.82, 2.24) is 9.62 Å². The molecule has 0 spiro atoms. The van der Waals surface area contributed by atoms with Crippen LogP contribution in [0.5, 0.6) is 5.75 Å². The number of carboxylic acids is 1. The van der Waals surface area contributed by atoms with E-state index in [1.54, 1.807) is 11.4 Å². The van der Waals surface area contributed by atoms with Gasteiger partial charge in [-0.05, 0) is 86.7 Å². The number of carbonyl (C=O) groups is 1. The summed E-state index contributed by atoms with van der Waals surface area (Å²) in [5.74, 6) is 1.30. The molecule has 0 atom stereocenters. The molecule has 0 radical (unpaired) electrons. The highest BCUT2D eigenvalue weighted by molar-refractivity contribution is 7.89. The molecule has 0 bridgehead atoms. The van der Waals surface area contributed by atoms with Crippen LogP contribution in [0, 0.1) is 18.8 Å². The molecule has 0 aliphatic carbocycles. The third-order valence-electron chi connectivity index (χ3n) is 6.34. The van der Waals surface area contributed by atoms with E-state index >= 15 is 0 Å². The number of benzene rings is 1. The van der Waals surface area contributed by atoms with Crippen LogP contribution < -0.4 is 10.1 Å². The number of nitrogens with one attached hydrogen (secondary N) is 1. The number of nitrogens with zero attached hydrogens (tertiary/aromatic N) is 1. The third kappa shape index (κ3) is 6.67. The fourth-order valence-corrected chi connectivity index (χ4v) is 6.34. The van der Waals surface area contributed by atoms with Gasteiger partial charge in [-0.1, -0.05) is 13.8 Å². The van der Waals surface area contributed by atoms with Crippen LogP contribution in [0.3, 0.4) is 0 Å². The molecular formula is C23H38N2O5S. The van der Waals surface area contributed by atoms with Crippen molar-refractivity contribution in [3.05, 3.63) is 23.3 Å². The van der Waals surface area contributed by atoms with Gasteiger partial charge in [0.15, 0.2) is 0 Å². The van der Waals surface area contributed by atoms with Crippen LogP contribution in [0.2, 0.25) is 0 Å². The molecule has 2 aliphatic rings. The van der Waals surface area contributed by atoms with Gasteiger partial charge >= 0.3 is 0 Å². The number of hydrogen-bond acceptors (Lipinski definition) is 5. The number of aliphatic carboxylic acids is 1. The van der Waals surface area contributed by atoms with Crippen molar-refractivity contribution in [3.8, 4) is 5.75 Å². The van der Waals surface area contributed by atoms with Crippen molar-refractivity contribution in [3.63, 3.8) is 0 Å². The first-order valence-electron chi connectivity index (χ1n) is 11.2. The third-order valence-corrected chi connectivity index (χ3v) is 8.26. The molecule has 7 nitrogen and oxygen atoms in total. The van der Waals surface area contributed by atoms with E-state index < -0.39 is 16.0 Å². The lowest BCUT2D eigenvalue weighted by atomic mass is 9.79. The zero-order valence-electron chi connectivity index (χ0n) is 19.5. The predicted molar refractivity (Wildman–Crippen MR) is 122 cm³/mol. The summed E-state index contributed by atoms with van der Waals surface area (Å²) in [6.45, 7) is 10.7. The number of methoxy groups -OCH3 is 1. The van der Waals surface area contributed by atoms with Crippen molar-refractivity contribution < 1.29 is 23.1 Å². The monoisotopic (exact) mass is 454 g/mol. The topological polar surface area (TPSA) is 95.9 Å². The SMILES string of the molecule is CC(=O)O.COc1cc(C)c(C(C)C)cc1S(=O)(=O)N1CCC(C2CCNCC2)CC1. The highest BCUT2D eigenvalue weighted by atomic mass is 32.2. The van der Waals surface area contributed by atoms with Crippen LogP contribution in [0.15, 0.2) is 17.0 Å². The fourth-order valence-electron chi connectivity index (χ4n) is 4.70. The van der Waals surface area contributed by atoms with Crippen LogP contribution in [0.25, 0.3) is 0 Å². The minimum Gasteiger partial charge on any atom is -0.495 e. The lowest BCUT2D eigenvalue weighted by Crippen LogP contribution is -2.42. The van der Waals surface area contributed by atoms with E-state index in [0.717, 1.165) is 49.9 Å². The largest absolute Gasteiger partial charge is 0.495 e. The molecule has 31 heavy (non-hydrogen) atoms. The Hall–Kier alpha value is -1.64. The van der Waals surface area contributed by atoms with Gasteiger partial charge in [-0.15, -0.1) is 0 Å². The number of rotatable bonds is 5. The van der Waals surface area contributed by atoms with Gasteiger partial charge < -0.3 is 15.2 Å². The molecule has 1 aromatic rings. The molecule has 2 N–H and O–H groups in total. The Bertz CT molecular complexity index is 836.